The number of morpholine rings is 1. The van der Waals surface area contributed by atoms with Crippen molar-refractivity contribution in [3.05, 3.63) is 38.0 Å². The second kappa shape index (κ2) is 10.7. The highest BCUT2D eigenvalue weighted by molar-refractivity contribution is 7.12. The van der Waals surface area contributed by atoms with Crippen molar-refractivity contribution in [2.45, 2.75) is 52.6 Å². The maximum atomic E-state index is 5.57. The number of aromatic nitrogens is 1. The predicted molar refractivity (Wildman–Crippen MR) is 128 cm³/mol. The summed E-state index contributed by atoms with van der Waals surface area (Å²) in [6.45, 7) is 16.6. The number of rotatable bonds is 7. The van der Waals surface area contributed by atoms with E-state index in [2.05, 4.69) is 67.7 Å². The minimum atomic E-state index is 0.0748. The van der Waals surface area contributed by atoms with Crippen molar-refractivity contribution in [2.24, 2.45) is 4.99 Å². The average Bonchev–Trinajstić information content (AvgIpc) is 3.36. The number of aliphatic imine (C=N–C) groups is 1. The molecule has 0 aliphatic carbocycles. The summed E-state index contributed by atoms with van der Waals surface area (Å²) in [6.07, 6.45) is 0. The number of nitrogens with zero attached hydrogens (tertiary/aromatic N) is 3. The lowest BCUT2D eigenvalue weighted by Crippen LogP contribution is -2.46. The summed E-state index contributed by atoms with van der Waals surface area (Å²) < 4.78 is 5.57. The van der Waals surface area contributed by atoms with Crippen LogP contribution in [0.5, 0.6) is 0 Å². The van der Waals surface area contributed by atoms with Crippen molar-refractivity contribution in [2.75, 3.05) is 39.4 Å². The van der Waals surface area contributed by atoms with Crippen LogP contribution in [-0.2, 0) is 16.7 Å². The van der Waals surface area contributed by atoms with Crippen LogP contribution in [-0.4, -0.2) is 55.2 Å². The molecular formula is C22H35N5OS2. The van der Waals surface area contributed by atoms with Crippen molar-refractivity contribution in [3.8, 4) is 0 Å². The van der Waals surface area contributed by atoms with Gasteiger partial charge in [0.2, 0.25) is 0 Å². The number of aryl methyl sites for hydroxylation is 1. The average molecular weight is 450 g/mol. The lowest BCUT2D eigenvalue weighted by molar-refractivity contribution is 0.0177. The molecule has 1 aliphatic heterocycles. The summed E-state index contributed by atoms with van der Waals surface area (Å²) in [4.78, 5) is 14.8. The maximum absolute atomic E-state index is 5.57. The molecule has 1 fully saturated rings. The van der Waals surface area contributed by atoms with Crippen molar-refractivity contribution < 1.29 is 4.74 Å². The van der Waals surface area contributed by atoms with Gasteiger partial charge < -0.3 is 15.4 Å². The highest BCUT2D eigenvalue weighted by Crippen LogP contribution is 2.28. The largest absolute Gasteiger partial charge is 0.379 e. The molecule has 0 saturated carbocycles. The first-order valence-electron chi connectivity index (χ1n) is 10.7. The molecule has 1 aliphatic rings. The van der Waals surface area contributed by atoms with Crippen molar-refractivity contribution in [3.63, 3.8) is 0 Å². The summed E-state index contributed by atoms with van der Waals surface area (Å²) in [5.41, 5.74) is 1.21. The number of ether oxygens (including phenoxy) is 1. The molecule has 1 atom stereocenters. The Hall–Kier alpha value is -1.48. The Kier molecular flexibility index (Phi) is 8.27. The van der Waals surface area contributed by atoms with Gasteiger partial charge in [-0.1, -0.05) is 20.8 Å². The molecule has 3 heterocycles. The molecule has 166 valence electrons. The lowest BCUT2D eigenvalue weighted by Gasteiger charge is -2.34. The van der Waals surface area contributed by atoms with Gasteiger partial charge in [0.15, 0.2) is 5.96 Å². The zero-order chi connectivity index (χ0) is 21.6. The molecular weight excluding hydrogens is 414 g/mol. The standard InChI is InChI=1S/C22H35N5OS2/c1-6-23-21(25-14-20-26-19(15-29-20)22(3,4)5)24-13-17(18-8-7-16(2)30-18)27-9-11-28-12-10-27/h7-8,15,17H,6,9-14H2,1-5H3,(H2,23,24,25). The molecule has 30 heavy (non-hydrogen) atoms. The van der Waals surface area contributed by atoms with Crippen LogP contribution >= 0.6 is 22.7 Å². The van der Waals surface area contributed by atoms with Crippen LogP contribution in [0, 0.1) is 6.92 Å². The highest BCUT2D eigenvalue weighted by atomic mass is 32.1. The minimum absolute atomic E-state index is 0.0748. The van der Waals surface area contributed by atoms with Crippen LogP contribution in [0.1, 0.15) is 54.2 Å². The van der Waals surface area contributed by atoms with Gasteiger partial charge >= 0.3 is 0 Å². The molecule has 2 aromatic rings. The predicted octanol–water partition coefficient (Wildman–Crippen LogP) is 3.94. The van der Waals surface area contributed by atoms with Crippen LogP contribution in [0.25, 0.3) is 0 Å². The van der Waals surface area contributed by atoms with Crippen LogP contribution < -0.4 is 10.6 Å². The number of hydrogen-bond donors (Lipinski definition) is 2. The van der Waals surface area contributed by atoms with E-state index in [9.17, 15) is 0 Å². The van der Waals surface area contributed by atoms with E-state index in [0.29, 0.717) is 12.6 Å². The van der Waals surface area contributed by atoms with Gasteiger partial charge in [0.05, 0.1) is 31.5 Å². The van der Waals surface area contributed by atoms with Crippen molar-refractivity contribution in [1.82, 2.24) is 20.5 Å². The lowest BCUT2D eigenvalue weighted by atomic mass is 9.93. The molecule has 8 heteroatoms. The van der Waals surface area contributed by atoms with E-state index < -0.39 is 0 Å². The van der Waals surface area contributed by atoms with Crippen molar-refractivity contribution in [1.29, 1.82) is 0 Å². The first kappa shape index (κ1) is 23.2. The Bertz CT molecular complexity index is 818. The van der Waals surface area contributed by atoms with E-state index in [1.165, 1.54) is 9.75 Å². The molecule has 6 nitrogen and oxygen atoms in total. The minimum Gasteiger partial charge on any atom is -0.379 e. The normalized spacial score (nSPS) is 17.2. The van der Waals surface area contributed by atoms with E-state index in [4.69, 9.17) is 14.7 Å². The SMILES string of the molecule is CCNC(=NCc1nc(C(C)(C)C)cs1)NCC(c1ccc(C)s1)N1CCOCC1. The summed E-state index contributed by atoms with van der Waals surface area (Å²) in [6, 6.07) is 4.79. The smallest absolute Gasteiger partial charge is 0.191 e. The summed E-state index contributed by atoms with van der Waals surface area (Å²) in [5, 5.41) is 10.2. The number of nitrogens with one attached hydrogen (secondary N) is 2. The summed E-state index contributed by atoms with van der Waals surface area (Å²) in [7, 11) is 0. The maximum Gasteiger partial charge on any atom is 0.191 e. The molecule has 0 spiro atoms. The second-order valence-corrected chi connectivity index (χ2v) is 10.8. The summed E-state index contributed by atoms with van der Waals surface area (Å²) in [5.74, 6) is 0.844. The molecule has 2 N–H and O–H groups in total. The van der Waals surface area contributed by atoms with Gasteiger partial charge in [-0.3, -0.25) is 4.90 Å². The molecule has 0 amide bonds. The number of hydrogen-bond acceptors (Lipinski definition) is 6. The molecule has 1 saturated heterocycles. The first-order valence-corrected chi connectivity index (χ1v) is 12.4. The van der Waals surface area contributed by atoms with E-state index >= 15 is 0 Å². The molecule has 2 aromatic heterocycles. The van der Waals surface area contributed by atoms with Crippen LogP contribution in [0.3, 0.4) is 0 Å². The fourth-order valence-electron chi connectivity index (χ4n) is 3.34. The highest BCUT2D eigenvalue weighted by Gasteiger charge is 2.24. The second-order valence-electron chi connectivity index (χ2n) is 8.57. The Morgan fingerprint density at radius 3 is 2.63 bits per heavy atom. The molecule has 0 aromatic carbocycles. The molecule has 1 unspecified atom stereocenters. The first-order chi connectivity index (χ1) is 14.4. The van der Waals surface area contributed by atoms with E-state index in [-0.39, 0.29) is 5.41 Å². The van der Waals surface area contributed by atoms with Crippen molar-refractivity contribution >= 4 is 28.6 Å². The number of guanidine groups is 1. The topological polar surface area (TPSA) is 61.8 Å². The van der Waals surface area contributed by atoms with Crippen LogP contribution in [0.4, 0.5) is 0 Å². The molecule has 3 rings (SSSR count). The molecule has 0 radical (unpaired) electrons. The third kappa shape index (κ3) is 6.51. The Morgan fingerprint density at radius 1 is 1.27 bits per heavy atom. The quantitative estimate of drug-likeness (QED) is 0.495. The van der Waals surface area contributed by atoms with Gasteiger partial charge in [-0.05, 0) is 26.0 Å². The van der Waals surface area contributed by atoms with Gasteiger partial charge in [0.1, 0.15) is 5.01 Å². The molecule has 0 bridgehead atoms. The van der Waals surface area contributed by atoms with Gasteiger partial charge in [0.25, 0.3) is 0 Å². The zero-order valence-electron chi connectivity index (χ0n) is 18.8. The monoisotopic (exact) mass is 449 g/mol. The fraction of sp³-hybridized carbons (Fsp3) is 0.636. The van der Waals surface area contributed by atoms with Gasteiger partial charge in [0, 0.05) is 46.7 Å². The Labute approximate surface area is 188 Å². The third-order valence-electron chi connectivity index (χ3n) is 5.08. The zero-order valence-corrected chi connectivity index (χ0v) is 20.5. The number of thiazole rings is 1. The van der Waals surface area contributed by atoms with E-state index in [0.717, 1.165) is 56.1 Å². The van der Waals surface area contributed by atoms with Gasteiger partial charge in [-0.2, -0.15) is 0 Å². The van der Waals surface area contributed by atoms with Crippen LogP contribution in [0.2, 0.25) is 0 Å². The van der Waals surface area contributed by atoms with Gasteiger partial charge in [-0.25, -0.2) is 9.98 Å². The Balaban J connectivity index is 1.67. The van der Waals surface area contributed by atoms with Crippen LogP contribution in [0.15, 0.2) is 22.5 Å². The fourth-order valence-corrected chi connectivity index (χ4v) is 5.30. The Morgan fingerprint density at radius 2 is 2.03 bits per heavy atom. The van der Waals surface area contributed by atoms with E-state index in [1.54, 1.807) is 11.3 Å². The van der Waals surface area contributed by atoms with E-state index in [1.807, 2.05) is 11.3 Å². The summed E-state index contributed by atoms with van der Waals surface area (Å²) >= 11 is 3.57. The van der Waals surface area contributed by atoms with Gasteiger partial charge in [-0.15, -0.1) is 22.7 Å². The number of thiophene rings is 1. The third-order valence-corrected chi connectivity index (χ3v) is 7.01.